The Balaban J connectivity index is 2.24. The van der Waals surface area contributed by atoms with Crippen molar-refractivity contribution in [1.82, 2.24) is 15.3 Å². The van der Waals surface area contributed by atoms with Crippen LogP contribution in [-0.2, 0) is 13.0 Å². The first-order valence-electron chi connectivity index (χ1n) is 9.23. The summed E-state index contributed by atoms with van der Waals surface area (Å²) >= 11 is 0. The number of aryl methyl sites for hydroxylation is 1. The molecule has 0 atom stereocenters. The Morgan fingerprint density at radius 3 is 2.72 bits per heavy atom. The molecule has 0 saturated heterocycles. The van der Waals surface area contributed by atoms with Crippen molar-refractivity contribution in [2.24, 2.45) is 5.10 Å². The fraction of sp³-hybridized carbons (Fsp3) is 0.300. The van der Waals surface area contributed by atoms with E-state index >= 15 is 0 Å². The average molecular weight is 402 g/mol. The van der Waals surface area contributed by atoms with Crippen LogP contribution in [-0.4, -0.2) is 22.1 Å². The molecule has 0 spiro atoms. The molecule has 0 radical (unpaired) electrons. The largest absolute Gasteiger partial charge is 0.382 e. The molecule has 0 aliphatic rings. The van der Waals surface area contributed by atoms with Crippen LogP contribution in [0.15, 0.2) is 36.1 Å². The minimum atomic E-state index is -0.750. The van der Waals surface area contributed by atoms with Crippen molar-refractivity contribution < 1.29 is 13.6 Å². The molecule has 1 aromatic heterocycles. The summed E-state index contributed by atoms with van der Waals surface area (Å²) in [5.74, 6) is -1.76. The topological polar surface area (TPSA) is 96.5 Å². The lowest BCUT2D eigenvalue weighted by Gasteiger charge is -2.17. The van der Waals surface area contributed by atoms with Gasteiger partial charge in [0.25, 0.3) is 5.91 Å². The third-order valence-electron chi connectivity index (χ3n) is 3.99. The van der Waals surface area contributed by atoms with Gasteiger partial charge in [0.05, 0.1) is 5.69 Å². The molecule has 3 N–H and O–H groups in total. The first-order chi connectivity index (χ1) is 13.9. The van der Waals surface area contributed by atoms with Gasteiger partial charge in [0, 0.05) is 30.6 Å². The first kappa shape index (κ1) is 21.9. The number of hydrogen-bond acceptors (Lipinski definition) is 6. The number of nitrogens with zero attached hydrogens (tertiary/aromatic N) is 4. The summed E-state index contributed by atoms with van der Waals surface area (Å²) in [7, 11) is 0. The summed E-state index contributed by atoms with van der Waals surface area (Å²) in [5, 5.41) is 8.26. The van der Waals surface area contributed by atoms with E-state index in [0.717, 1.165) is 25.0 Å². The number of carbonyl (C=O) groups is 1. The van der Waals surface area contributed by atoms with Crippen LogP contribution in [0.3, 0.4) is 0 Å². The lowest BCUT2D eigenvalue weighted by molar-refractivity contribution is 0.0946. The predicted octanol–water partition coefficient (Wildman–Crippen LogP) is 3.57. The van der Waals surface area contributed by atoms with Crippen LogP contribution in [0, 0.1) is 11.6 Å². The molecule has 0 unspecified atom stereocenters. The number of carbonyl (C=O) groups excluding carboxylic acids is 1. The molecule has 2 rings (SSSR count). The number of nitrogen functional groups attached to an aromatic ring is 1. The molecule has 2 aromatic rings. The molecule has 0 fully saturated rings. The van der Waals surface area contributed by atoms with E-state index in [9.17, 15) is 13.6 Å². The number of nitrogens with one attached hydrogen (secondary N) is 1. The Labute approximate surface area is 168 Å². The number of benzene rings is 1. The highest BCUT2D eigenvalue weighted by atomic mass is 19.1. The smallest absolute Gasteiger partial charge is 0.274 e. The van der Waals surface area contributed by atoms with Crippen LogP contribution in [0.4, 0.5) is 20.4 Å². The van der Waals surface area contributed by atoms with Gasteiger partial charge in [-0.3, -0.25) is 4.79 Å². The fourth-order valence-electron chi connectivity index (χ4n) is 2.45. The standard InChI is InChI=1S/C20H24F2N6O/c1-4-7-10-25-28(6-3)19-16(5-2)26-17(18(23)27-19)20(29)24-12-13-8-9-14(21)11-15(13)22/h6,8-11H,3-5,7,12H2,1-2H3,(H2,23,27)(H,24,29)/b25-10-. The lowest BCUT2D eigenvalue weighted by atomic mass is 10.2. The van der Waals surface area contributed by atoms with Crippen molar-refractivity contribution in [3.63, 3.8) is 0 Å². The Bertz CT molecular complexity index is 916. The summed E-state index contributed by atoms with van der Waals surface area (Å²) in [6.45, 7) is 7.46. The maximum absolute atomic E-state index is 13.7. The van der Waals surface area contributed by atoms with Crippen LogP contribution in [0.25, 0.3) is 0 Å². The van der Waals surface area contributed by atoms with E-state index in [-0.39, 0.29) is 23.6 Å². The third-order valence-corrected chi connectivity index (χ3v) is 3.99. The van der Waals surface area contributed by atoms with Crippen molar-refractivity contribution in [2.45, 2.75) is 39.7 Å². The second-order valence-corrected chi connectivity index (χ2v) is 6.11. The zero-order valence-corrected chi connectivity index (χ0v) is 16.5. The van der Waals surface area contributed by atoms with Crippen molar-refractivity contribution in [3.8, 4) is 0 Å². The monoisotopic (exact) mass is 402 g/mol. The predicted molar refractivity (Wildman–Crippen MR) is 109 cm³/mol. The summed E-state index contributed by atoms with van der Waals surface area (Å²) < 4.78 is 26.7. The second-order valence-electron chi connectivity index (χ2n) is 6.11. The van der Waals surface area contributed by atoms with E-state index in [0.29, 0.717) is 17.9 Å². The highest BCUT2D eigenvalue weighted by molar-refractivity contribution is 5.96. The molecular formula is C20H24F2N6O. The van der Waals surface area contributed by atoms with Gasteiger partial charge in [0.1, 0.15) is 11.6 Å². The minimum Gasteiger partial charge on any atom is -0.382 e. The van der Waals surface area contributed by atoms with Crippen LogP contribution < -0.4 is 16.1 Å². The molecular weight excluding hydrogens is 378 g/mol. The van der Waals surface area contributed by atoms with E-state index in [1.165, 1.54) is 17.3 Å². The number of hydrogen-bond donors (Lipinski definition) is 2. The van der Waals surface area contributed by atoms with E-state index < -0.39 is 17.5 Å². The Morgan fingerprint density at radius 1 is 1.34 bits per heavy atom. The van der Waals surface area contributed by atoms with Gasteiger partial charge >= 0.3 is 0 Å². The quantitative estimate of drug-likeness (QED) is 0.494. The van der Waals surface area contributed by atoms with Gasteiger partial charge < -0.3 is 11.1 Å². The third kappa shape index (κ3) is 5.56. The average Bonchev–Trinajstić information content (AvgIpc) is 2.70. The van der Waals surface area contributed by atoms with Crippen LogP contribution >= 0.6 is 0 Å². The van der Waals surface area contributed by atoms with Gasteiger partial charge in [-0.05, 0) is 18.9 Å². The van der Waals surface area contributed by atoms with Crippen LogP contribution in [0.2, 0.25) is 0 Å². The molecule has 1 amide bonds. The molecule has 9 heteroatoms. The van der Waals surface area contributed by atoms with Gasteiger partial charge in [-0.1, -0.05) is 32.9 Å². The summed E-state index contributed by atoms with van der Waals surface area (Å²) in [5.41, 5.74) is 6.51. The molecule has 29 heavy (non-hydrogen) atoms. The van der Waals surface area contributed by atoms with Gasteiger partial charge in [-0.25, -0.2) is 23.8 Å². The fourth-order valence-corrected chi connectivity index (χ4v) is 2.45. The van der Waals surface area contributed by atoms with Crippen LogP contribution in [0.1, 0.15) is 48.4 Å². The summed E-state index contributed by atoms with van der Waals surface area (Å²) in [6, 6.07) is 3.13. The molecule has 7 nitrogen and oxygen atoms in total. The molecule has 0 bridgehead atoms. The van der Waals surface area contributed by atoms with Crippen molar-refractivity contribution >= 4 is 23.8 Å². The molecule has 0 aliphatic heterocycles. The molecule has 0 saturated carbocycles. The second kappa shape index (κ2) is 10.3. The van der Waals surface area contributed by atoms with Gasteiger partial charge in [-0.2, -0.15) is 5.10 Å². The number of nitrogens with two attached hydrogens (primary N) is 1. The Hall–Kier alpha value is -3.36. The normalized spacial score (nSPS) is 10.9. The first-order valence-corrected chi connectivity index (χ1v) is 9.23. The molecule has 1 aromatic carbocycles. The van der Waals surface area contributed by atoms with Gasteiger partial charge in [-0.15, -0.1) is 0 Å². The molecule has 1 heterocycles. The van der Waals surface area contributed by atoms with Crippen molar-refractivity contribution in [1.29, 1.82) is 0 Å². The Morgan fingerprint density at radius 2 is 2.10 bits per heavy atom. The van der Waals surface area contributed by atoms with E-state index in [4.69, 9.17) is 5.73 Å². The number of hydrazone groups is 1. The van der Waals surface area contributed by atoms with E-state index in [1.807, 2.05) is 13.8 Å². The van der Waals surface area contributed by atoms with E-state index in [1.54, 1.807) is 6.21 Å². The maximum atomic E-state index is 13.7. The summed E-state index contributed by atoms with van der Waals surface area (Å²) in [4.78, 5) is 21.1. The summed E-state index contributed by atoms with van der Waals surface area (Å²) in [6.07, 6.45) is 5.41. The van der Waals surface area contributed by atoms with Crippen molar-refractivity contribution in [2.75, 3.05) is 10.7 Å². The Kier molecular flexibility index (Phi) is 7.76. The maximum Gasteiger partial charge on any atom is 0.274 e. The lowest BCUT2D eigenvalue weighted by Crippen LogP contribution is -2.27. The highest BCUT2D eigenvalue weighted by Gasteiger charge is 2.19. The zero-order chi connectivity index (χ0) is 21.4. The number of aromatic nitrogens is 2. The minimum absolute atomic E-state index is 0.0744. The SMILES string of the molecule is C=CN(/N=C\CCC)c1nc(N)c(C(=O)NCc2ccc(F)cc2F)nc1CC. The van der Waals surface area contributed by atoms with E-state index in [2.05, 4.69) is 27.0 Å². The number of rotatable bonds is 9. The van der Waals surface area contributed by atoms with Gasteiger partial charge in [0.2, 0.25) is 0 Å². The molecule has 0 aliphatic carbocycles. The molecule has 154 valence electrons. The zero-order valence-electron chi connectivity index (χ0n) is 16.5. The number of halogens is 2. The highest BCUT2D eigenvalue weighted by Crippen LogP contribution is 2.21. The number of anilines is 2. The number of unbranched alkanes of at least 4 members (excludes halogenated alkanes) is 1. The number of amides is 1. The van der Waals surface area contributed by atoms with Crippen LogP contribution in [0.5, 0.6) is 0 Å². The van der Waals surface area contributed by atoms with Crippen molar-refractivity contribution in [3.05, 3.63) is 59.6 Å². The van der Waals surface area contributed by atoms with Gasteiger partial charge in [0.15, 0.2) is 17.3 Å².